The first kappa shape index (κ1) is 6.52. The van der Waals surface area contributed by atoms with Crippen molar-refractivity contribution in [3.63, 3.8) is 0 Å². The van der Waals surface area contributed by atoms with E-state index in [0.717, 1.165) is 0 Å². The maximum Gasteiger partial charge on any atom is 0.507 e. The van der Waals surface area contributed by atoms with Crippen LogP contribution in [0.1, 0.15) is 6.92 Å². The number of hydrogen-bond acceptors (Lipinski definition) is 3. The van der Waals surface area contributed by atoms with E-state index >= 15 is 0 Å². The molecule has 1 rings (SSSR count). The maximum atomic E-state index is 10.3. The summed E-state index contributed by atoms with van der Waals surface area (Å²) in [6.07, 6.45) is -0.813. The van der Waals surface area contributed by atoms with Gasteiger partial charge in [-0.2, -0.15) is 0 Å². The van der Waals surface area contributed by atoms with Gasteiger partial charge in [-0.3, -0.25) is 0 Å². The molecule has 0 bridgehead atoms. The van der Waals surface area contributed by atoms with E-state index in [1.165, 1.54) is 6.92 Å². The van der Waals surface area contributed by atoms with E-state index in [4.69, 9.17) is 15.7 Å². The Hall–Kier alpha value is -0.600. The standard InChI is InChI=1S/C4H4B2O3/c1-4(6)2(5)8-3(7)9-4/h2H,1H3. The van der Waals surface area contributed by atoms with Crippen LogP contribution in [0.4, 0.5) is 4.79 Å². The second-order valence-corrected chi connectivity index (χ2v) is 2.07. The van der Waals surface area contributed by atoms with Crippen LogP contribution in [0, 0.1) is 0 Å². The molecule has 1 saturated heterocycles. The number of carbonyl (C=O) groups excluding carboxylic acids is 1. The number of rotatable bonds is 0. The van der Waals surface area contributed by atoms with E-state index in [2.05, 4.69) is 9.47 Å². The molecule has 4 radical (unpaired) electrons. The van der Waals surface area contributed by atoms with Crippen LogP contribution in [0.2, 0.25) is 0 Å². The zero-order valence-corrected chi connectivity index (χ0v) is 4.96. The molecule has 0 N–H and O–H groups in total. The van der Waals surface area contributed by atoms with Crippen LogP contribution >= 0.6 is 0 Å². The first-order valence-electron chi connectivity index (χ1n) is 2.46. The van der Waals surface area contributed by atoms with Crippen molar-refractivity contribution >= 4 is 21.8 Å². The van der Waals surface area contributed by atoms with E-state index in [-0.39, 0.29) is 0 Å². The highest BCUT2D eigenvalue weighted by Gasteiger charge is 2.39. The summed E-state index contributed by atoms with van der Waals surface area (Å²) in [5, 5.41) is 0. The van der Waals surface area contributed by atoms with Gasteiger partial charge in [-0.1, -0.05) is 0 Å². The molecule has 1 aliphatic heterocycles. The minimum Gasteiger partial charge on any atom is -0.438 e. The topological polar surface area (TPSA) is 35.5 Å². The highest BCUT2D eigenvalue weighted by Crippen LogP contribution is 2.20. The predicted octanol–water partition coefficient (Wildman–Crippen LogP) is -0.468. The highest BCUT2D eigenvalue weighted by atomic mass is 16.8. The molecular formula is C4H4B2O3. The zero-order chi connectivity index (χ0) is 7.07. The summed E-state index contributed by atoms with van der Waals surface area (Å²) < 4.78 is 8.82. The molecule has 0 aromatic carbocycles. The molecule has 0 aromatic heterocycles. The van der Waals surface area contributed by atoms with Crippen molar-refractivity contribution in [2.75, 3.05) is 0 Å². The molecule has 0 amide bonds. The van der Waals surface area contributed by atoms with Gasteiger partial charge in [-0.05, 0) is 6.92 Å². The van der Waals surface area contributed by atoms with Gasteiger partial charge in [0.2, 0.25) is 0 Å². The third-order valence-electron chi connectivity index (χ3n) is 1.09. The Balaban J connectivity index is 2.69. The Morgan fingerprint density at radius 1 is 1.78 bits per heavy atom. The Morgan fingerprint density at radius 2 is 2.33 bits per heavy atom. The fourth-order valence-corrected chi connectivity index (χ4v) is 0.482. The summed E-state index contributed by atoms with van der Waals surface area (Å²) in [7, 11) is 10.5. The van der Waals surface area contributed by atoms with Crippen molar-refractivity contribution in [3.8, 4) is 0 Å². The SMILES string of the molecule is [B]C1OC(=O)OC1([B])C. The zero-order valence-electron chi connectivity index (χ0n) is 4.96. The first-order valence-corrected chi connectivity index (χ1v) is 2.46. The Labute approximate surface area is 55.5 Å². The third kappa shape index (κ3) is 1.04. The largest absolute Gasteiger partial charge is 0.507 e. The van der Waals surface area contributed by atoms with Gasteiger partial charge in [0.05, 0.1) is 11.5 Å². The van der Waals surface area contributed by atoms with Crippen molar-refractivity contribution < 1.29 is 14.3 Å². The average Bonchev–Trinajstić information content (AvgIpc) is 1.79. The number of hydrogen-bond donors (Lipinski definition) is 0. The van der Waals surface area contributed by atoms with Crippen LogP contribution < -0.4 is 0 Å². The molecule has 0 saturated carbocycles. The molecule has 2 atom stereocenters. The van der Waals surface area contributed by atoms with E-state index in [0.29, 0.717) is 0 Å². The summed E-state index contributed by atoms with van der Waals surface area (Å²) >= 11 is 0. The van der Waals surface area contributed by atoms with Gasteiger partial charge < -0.3 is 9.47 Å². The average molecular weight is 122 g/mol. The van der Waals surface area contributed by atoms with E-state index in [1.807, 2.05) is 0 Å². The molecular weight excluding hydrogens is 118 g/mol. The highest BCUT2D eigenvalue weighted by molar-refractivity contribution is 6.24. The fourth-order valence-electron chi connectivity index (χ4n) is 0.482. The van der Waals surface area contributed by atoms with Gasteiger partial charge >= 0.3 is 6.16 Å². The fraction of sp³-hybridized carbons (Fsp3) is 0.750. The smallest absolute Gasteiger partial charge is 0.438 e. The maximum absolute atomic E-state index is 10.3. The minimum atomic E-state index is -1.17. The van der Waals surface area contributed by atoms with Crippen molar-refractivity contribution in [3.05, 3.63) is 0 Å². The van der Waals surface area contributed by atoms with Gasteiger partial charge in [0.15, 0.2) is 0 Å². The summed E-state index contributed by atoms with van der Waals surface area (Å²) in [4.78, 5) is 10.3. The molecule has 1 heterocycles. The van der Waals surface area contributed by atoms with Gasteiger partial charge in [0.25, 0.3) is 0 Å². The molecule has 0 aliphatic carbocycles. The normalized spacial score (nSPS) is 41.9. The van der Waals surface area contributed by atoms with Crippen LogP contribution in [0.25, 0.3) is 0 Å². The Morgan fingerprint density at radius 3 is 2.44 bits per heavy atom. The van der Waals surface area contributed by atoms with Crippen molar-refractivity contribution in [1.29, 1.82) is 0 Å². The molecule has 1 fully saturated rings. The van der Waals surface area contributed by atoms with Crippen LogP contribution in [0.15, 0.2) is 0 Å². The number of cyclic esters (lactones) is 2. The molecule has 5 heteroatoms. The molecule has 0 aromatic rings. The summed E-state index contributed by atoms with van der Waals surface area (Å²) in [6, 6.07) is -0.856. The van der Waals surface area contributed by atoms with Crippen molar-refractivity contribution in [1.82, 2.24) is 0 Å². The lowest BCUT2D eigenvalue weighted by Gasteiger charge is -2.18. The van der Waals surface area contributed by atoms with Crippen LogP contribution in [0.5, 0.6) is 0 Å². The van der Waals surface area contributed by atoms with Crippen molar-refractivity contribution in [2.24, 2.45) is 0 Å². The lowest BCUT2D eigenvalue weighted by Crippen LogP contribution is -2.37. The van der Waals surface area contributed by atoms with Crippen LogP contribution in [-0.4, -0.2) is 33.4 Å². The molecule has 0 spiro atoms. The summed E-state index contributed by atoms with van der Waals surface area (Å²) in [5.41, 5.74) is -1.17. The summed E-state index contributed by atoms with van der Waals surface area (Å²) in [6.45, 7) is 1.47. The molecule has 2 unspecified atom stereocenters. The number of carbonyl (C=O) groups is 1. The lowest BCUT2D eigenvalue weighted by molar-refractivity contribution is 0.112. The van der Waals surface area contributed by atoms with E-state index in [1.54, 1.807) is 0 Å². The van der Waals surface area contributed by atoms with Crippen molar-refractivity contribution in [2.45, 2.75) is 18.4 Å². The minimum absolute atomic E-state index is 0.813. The van der Waals surface area contributed by atoms with E-state index in [9.17, 15) is 4.79 Å². The van der Waals surface area contributed by atoms with Gasteiger partial charge in [0.1, 0.15) is 15.7 Å². The first-order chi connectivity index (χ1) is 4.02. The predicted molar refractivity (Wildman–Crippen MR) is 31.3 cm³/mol. The van der Waals surface area contributed by atoms with Gasteiger partial charge in [-0.15, -0.1) is 0 Å². The quantitative estimate of drug-likeness (QED) is 0.321. The Bertz CT molecular complexity index is 145. The van der Waals surface area contributed by atoms with Gasteiger partial charge in [0, 0.05) is 0 Å². The lowest BCUT2D eigenvalue weighted by atomic mass is 9.71. The van der Waals surface area contributed by atoms with Crippen LogP contribution in [-0.2, 0) is 9.47 Å². The molecule has 44 valence electrons. The third-order valence-corrected chi connectivity index (χ3v) is 1.09. The van der Waals surface area contributed by atoms with Crippen LogP contribution in [0.3, 0.4) is 0 Å². The number of ether oxygens (including phenoxy) is 2. The monoisotopic (exact) mass is 122 g/mol. The second kappa shape index (κ2) is 1.69. The van der Waals surface area contributed by atoms with E-state index < -0.39 is 17.7 Å². The molecule has 1 aliphatic rings. The Kier molecular flexibility index (Phi) is 1.22. The molecule has 9 heavy (non-hydrogen) atoms. The molecule has 3 nitrogen and oxygen atoms in total. The van der Waals surface area contributed by atoms with Gasteiger partial charge in [-0.25, -0.2) is 4.79 Å². The summed E-state index contributed by atoms with van der Waals surface area (Å²) in [5.74, 6) is 0. The second-order valence-electron chi connectivity index (χ2n) is 2.07.